The molecular weight excluding hydrogens is 344 g/mol. The second-order valence-corrected chi connectivity index (χ2v) is 7.06. The molecule has 0 aromatic carbocycles. The molecule has 0 bridgehead atoms. The lowest BCUT2D eigenvalue weighted by molar-refractivity contribution is 0.0386. The largest absolute Gasteiger partial charge is 0.477 e. The quantitative estimate of drug-likeness (QED) is 0.462. The molecule has 146 valence electrons. The molecule has 0 amide bonds. The first-order valence-corrected chi connectivity index (χ1v) is 9.43. The van der Waals surface area contributed by atoms with Crippen LogP contribution in [0.15, 0.2) is 46.1 Å². The molecule has 2 aromatic rings. The summed E-state index contributed by atoms with van der Waals surface area (Å²) >= 11 is 0. The summed E-state index contributed by atoms with van der Waals surface area (Å²) in [5.74, 6) is 2.48. The minimum Gasteiger partial charge on any atom is -0.477 e. The maximum Gasteiger partial charge on any atom is 0.213 e. The molecule has 1 atom stereocenters. The molecule has 7 nitrogen and oxygen atoms in total. The monoisotopic (exact) mass is 372 g/mol. The number of nitrogens with zero attached hydrogens (tertiary/aromatic N) is 2. The summed E-state index contributed by atoms with van der Waals surface area (Å²) in [7, 11) is 0. The van der Waals surface area contributed by atoms with Gasteiger partial charge in [-0.15, -0.1) is 0 Å². The summed E-state index contributed by atoms with van der Waals surface area (Å²) in [4.78, 5) is 8.84. The number of rotatable bonds is 9. The standard InChI is InChI=1S/C20H28N4O3/c1-3-21-19(24-14-20(2,25)17-5-4-10-26-17)23-12-16-8-9-22-18(11-16)27-13-15-6-7-15/h4-5,8-11,15,25H,3,6-7,12-14H2,1-2H3,(H2,21,23,24). The lowest BCUT2D eigenvalue weighted by Gasteiger charge is -2.22. The number of hydrogen-bond donors (Lipinski definition) is 3. The highest BCUT2D eigenvalue weighted by atomic mass is 16.5. The van der Waals surface area contributed by atoms with E-state index in [0.717, 1.165) is 18.7 Å². The molecule has 3 rings (SSSR count). The Morgan fingerprint density at radius 3 is 2.96 bits per heavy atom. The van der Waals surface area contributed by atoms with Gasteiger partial charge < -0.3 is 24.9 Å². The Bertz CT molecular complexity index is 739. The van der Waals surface area contributed by atoms with Gasteiger partial charge in [0.25, 0.3) is 0 Å². The number of nitrogens with one attached hydrogen (secondary N) is 2. The van der Waals surface area contributed by atoms with Crippen LogP contribution in [0, 0.1) is 5.92 Å². The number of guanidine groups is 1. The third kappa shape index (κ3) is 5.99. The van der Waals surface area contributed by atoms with E-state index in [-0.39, 0.29) is 6.54 Å². The highest BCUT2D eigenvalue weighted by Gasteiger charge is 2.26. The van der Waals surface area contributed by atoms with Crippen LogP contribution in [-0.4, -0.2) is 35.7 Å². The molecule has 1 saturated carbocycles. The van der Waals surface area contributed by atoms with E-state index in [9.17, 15) is 5.11 Å². The van der Waals surface area contributed by atoms with Crippen molar-refractivity contribution < 1.29 is 14.3 Å². The van der Waals surface area contributed by atoms with Crippen LogP contribution in [0.1, 0.15) is 38.0 Å². The summed E-state index contributed by atoms with van der Waals surface area (Å²) in [6.07, 6.45) is 5.80. The molecule has 0 radical (unpaired) electrons. The van der Waals surface area contributed by atoms with E-state index in [2.05, 4.69) is 20.6 Å². The van der Waals surface area contributed by atoms with Gasteiger partial charge in [-0.3, -0.25) is 0 Å². The summed E-state index contributed by atoms with van der Waals surface area (Å²) in [5.41, 5.74) is -0.106. The molecule has 2 aromatic heterocycles. The number of furan rings is 1. The number of pyridine rings is 1. The normalized spacial score (nSPS) is 16.6. The van der Waals surface area contributed by atoms with Gasteiger partial charge in [0.15, 0.2) is 5.96 Å². The van der Waals surface area contributed by atoms with E-state index in [4.69, 9.17) is 9.15 Å². The van der Waals surface area contributed by atoms with E-state index in [0.29, 0.717) is 30.1 Å². The summed E-state index contributed by atoms with van der Waals surface area (Å²) in [6, 6.07) is 7.37. The van der Waals surface area contributed by atoms with Crippen molar-refractivity contribution in [2.75, 3.05) is 19.7 Å². The Hall–Kier alpha value is -2.54. The molecule has 1 unspecified atom stereocenters. The molecule has 1 fully saturated rings. The van der Waals surface area contributed by atoms with Crippen molar-refractivity contribution in [3.63, 3.8) is 0 Å². The third-order valence-electron chi connectivity index (χ3n) is 4.38. The minimum absolute atomic E-state index is 0.276. The molecule has 2 heterocycles. The molecule has 27 heavy (non-hydrogen) atoms. The van der Waals surface area contributed by atoms with Crippen LogP contribution in [0.4, 0.5) is 0 Å². The van der Waals surface area contributed by atoms with E-state index in [1.165, 1.54) is 12.8 Å². The van der Waals surface area contributed by atoms with Crippen LogP contribution in [0.5, 0.6) is 5.88 Å². The van der Waals surface area contributed by atoms with Gasteiger partial charge in [-0.1, -0.05) is 0 Å². The maximum atomic E-state index is 10.6. The second kappa shape index (κ2) is 8.90. The van der Waals surface area contributed by atoms with Gasteiger partial charge in [0.2, 0.25) is 5.88 Å². The topological polar surface area (TPSA) is 91.9 Å². The van der Waals surface area contributed by atoms with Gasteiger partial charge >= 0.3 is 0 Å². The Balaban J connectivity index is 1.57. The van der Waals surface area contributed by atoms with Crippen molar-refractivity contribution in [1.82, 2.24) is 15.6 Å². The van der Waals surface area contributed by atoms with Gasteiger partial charge in [0, 0.05) is 18.8 Å². The number of aromatic nitrogens is 1. The minimum atomic E-state index is -1.12. The fourth-order valence-corrected chi connectivity index (χ4v) is 2.56. The highest BCUT2D eigenvalue weighted by Crippen LogP contribution is 2.29. The maximum absolute atomic E-state index is 10.6. The van der Waals surface area contributed by atoms with Gasteiger partial charge in [-0.25, -0.2) is 9.98 Å². The Labute approximate surface area is 159 Å². The number of hydrogen-bond acceptors (Lipinski definition) is 5. The predicted molar refractivity (Wildman–Crippen MR) is 104 cm³/mol. The van der Waals surface area contributed by atoms with Crippen LogP contribution in [0.2, 0.25) is 0 Å². The van der Waals surface area contributed by atoms with Crippen LogP contribution in [0.3, 0.4) is 0 Å². The SMILES string of the molecule is CCNC(=NCc1ccnc(OCC2CC2)c1)NCC(C)(O)c1ccco1. The molecule has 0 spiro atoms. The molecule has 1 aliphatic carbocycles. The average molecular weight is 372 g/mol. The molecule has 0 saturated heterocycles. The van der Waals surface area contributed by atoms with Crippen molar-refractivity contribution in [1.29, 1.82) is 0 Å². The van der Waals surface area contributed by atoms with Gasteiger partial charge in [0.05, 0.1) is 26.0 Å². The van der Waals surface area contributed by atoms with Crippen LogP contribution in [0.25, 0.3) is 0 Å². The summed E-state index contributed by atoms with van der Waals surface area (Å²) < 4.78 is 11.0. The van der Waals surface area contributed by atoms with Gasteiger partial charge in [0.1, 0.15) is 11.4 Å². The van der Waals surface area contributed by atoms with Crippen molar-refractivity contribution in [3.05, 3.63) is 48.0 Å². The second-order valence-electron chi connectivity index (χ2n) is 7.06. The first kappa shape index (κ1) is 19.2. The van der Waals surface area contributed by atoms with Crippen molar-refractivity contribution in [2.24, 2.45) is 10.9 Å². The molecular formula is C20H28N4O3. The zero-order valence-electron chi connectivity index (χ0n) is 15.9. The zero-order chi connectivity index (χ0) is 19.1. The predicted octanol–water partition coefficient (Wildman–Crippen LogP) is 2.43. The molecule has 7 heteroatoms. The number of aliphatic hydroxyl groups is 1. The van der Waals surface area contributed by atoms with Gasteiger partial charge in [-0.2, -0.15) is 0 Å². The fraction of sp³-hybridized carbons (Fsp3) is 0.500. The van der Waals surface area contributed by atoms with Crippen molar-refractivity contribution in [2.45, 2.75) is 38.8 Å². The smallest absolute Gasteiger partial charge is 0.213 e. The molecule has 1 aliphatic rings. The first-order chi connectivity index (χ1) is 13.1. The third-order valence-corrected chi connectivity index (χ3v) is 4.38. The van der Waals surface area contributed by atoms with E-state index < -0.39 is 5.60 Å². The Kier molecular flexibility index (Phi) is 6.34. The van der Waals surface area contributed by atoms with Crippen LogP contribution >= 0.6 is 0 Å². The zero-order valence-corrected chi connectivity index (χ0v) is 15.9. The first-order valence-electron chi connectivity index (χ1n) is 9.43. The Morgan fingerprint density at radius 1 is 1.41 bits per heavy atom. The van der Waals surface area contributed by atoms with Crippen LogP contribution in [-0.2, 0) is 12.1 Å². The lowest BCUT2D eigenvalue weighted by Crippen LogP contribution is -2.44. The van der Waals surface area contributed by atoms with Crippen LogP contribution < -0.4 is 15.4 Å². The van der Waals surface area contributed by atoms with Crippen molar-refractivity contribution in [3.8, 4) is 5.88 Å². The summed E-state index contributed by atoms with van der Waals surface area (Å²) in [5, 5.41) is 16.9. The van der Waals surface area contributed by atoms with E-state index in [1.807, 2.05) is 19.1 Å². The number of aliphatic imine (C=N–C) groups is 1. The highest BCUT2D eigenvalue weighted by molar-refractivity contribution is 5.79. The van der Waals surface area contributed by atoms with Crippen molar-refractivity contribution >= 4 is 5.96 Å². The fourth-order valence-electron chi connectivity index (χ4n) is 2.56. The lowest BCUT2D eigenvalue weighted by atomic mass is 10.0. The van der Waals surface area contributed by atoms with Gasteiger partial charge in [-0.05, 0) is 56.4 Å². The van der Waals surface area contributed by atoms with E-state index >= 15 is 0 Å². The molecule has 0 aliphatic heterocycles. The molecule has 3 N–H and O–H groups in total. The number of ether oxygens (including phenoxy) is 1. The summed E-state index contributed by atoms with van der Waals surface area (Å²) in [6.45, 7) is 5.93. The van der Waals surface area contributed by atoms with E-state index in [1.54, 1.807) is 31.5 Å². The average Bonchev–Trinajstić information content (AvgIpc) is 3.32. The Morgan fingerprint density at radius 2 is 2.26 bits per heavy atom.